The van der Waals surface area contributed by atoms with Gasteiger partial charge in [0.05, 0.1) is 11.1 Å². The molecular formula is C15H21N3O2S. The van der Waals surface area contributed by atoms with Gasteiger partial charge in [-0.25, -0.2) is 8.42 Å². The van der Waals surface area contributed by atoms with Gasteiger partial charge >= 0.3 is 0 Å². The standard InChI is InChI=1S/C15H21N3O2S/c1-2-3-4-5-6-13-7-9-14(10-8-13)21(19,20)18-15-11-12-16-17-15/h7-12H,2-6H2,1H3,(H2,16,17,18). The van der Waals surface area contributed by atoms with Crippen LogP contribution in [0.1, 0.15) is 38.2 Å². The van der Waals surface area contributed by atoms with Crippen LogP contribution in [0.4, 0.5) is 5.82 Å². The average Bonchev–Trinajstić information content (AvgIpc) is 2.96. The molecule has 21 heavy (non-hydrogen) atoms. The first-order valence-electron chi connectivity index (χ1n) is 7.23. The number of hydrogen-bond donors (Lipinski definition) is 2. The molecule has 1 aromatic heterocycles. The van der Waals surface area contributed by atoms with Gasteiger partial charge in [-0.3, -0.25) is 9.82 Å². The van der Waals surface area contributed by atoms with Crippen molar-refractivity contribution in [3.63, 3.8) is 0 Å². The fourth-order valence-corrected chi connectivity index (χ4v) is 3.12. The second kappa shape index (κ2) is 7.26. The molecule has 2 aromatic rings. The van der Waals surface area contributed by atoms with Crippen LogP contribution in [0, 0.1) is 0 Å². The largest absolute Gasteiger partial charge is 0.264 e. The summed E-state index contributed by atoms with van der Waals surface area (Å²) in [5.74, 6) is 0.360. The summed E-state index contributed by atoms with van der Waals surface area (Å²) in [5, 5.41) is 6.28. The van der Waals surface area contributed by atoms with E-state index >= 15 is 0 Å². The number of unbranched alkanes of at least 4 members (excludes halogenated alkanes) is 3. The first-order valence-corrected chi connectivity index (χ1v) is 8.71. The van der Waals surface area contributed by atoms with Crippen LogP contribution in [0.3, 0.4) is 0 Å². The van der Waals surface area contributed by atoms with Crippen molar-refractivity contribution in [1.82, 2.24) is 10.2 Å². The van der Waals surface area contributed by atoms with Crippen molar-refractivity contribution < 1.29 is 8.42 Å². The highest BCUT2D eigenvalue weighted by atomic mass is 32.2. The highest BCUT2D eigenvalue weighted by Crippen LogP contribution is 2.16. The van der Waals surface area contributed by atoms with E-state index in [9.17, 15) is 8.42 Å². The van der Waals surface area contributed by atoms with Crippen molar-refractivity contribution in [1.29, 1.82) is 0 Å². The predicted molar refractivity (Wildman–Crippen MR) is 83.7 cm³/mol. The minimum Gasteiger partial charge on any atom is -0.264 e. The molecule has 0 saturated heterocycles. The number of benzene rings is 1. The van der Waals surface area contributed by atoms with Crippen LogP contribution in [-0.2, 0) is 16.4 Å². The van der Waals surface area contributed by atoms with E-state index in [4.69, 9.17) is 0 Å². The van der Waals surface area contributed by atoms with Gasteiger partial charge in [0, 0.05) is 6.07 Å². The molecule has 0 fully saturated rings. The fourth-order valence-electron chi connectivity index (χ4n) is 2.11. The molecule has 0 bridgehead atoms. The Labute approximate surface area is 125 Å². The summed E-state index contributed by atoms with van der Waals surface area (Å²) in [6.45, 7) is 2.19. The summed E-state index contributed by atoms with van der Waals surface area (Å²) in [6, 6.07) is 8.63. The van der Waals surface area contributed by atoms with E-state index < -0.39 is 10.0 Å². The minimum absolute atomic E-state index is 0.259. The Bertz CT molecular complexity index is 634. The number of anilines is 1. The third-order valence-corrected chi connectivity index (χ3v) is 4.68. The molecule has 5 nitrogen and oxygen atoms in total. The van der Waals surface area contributed by atoms with Crippen LogP contribution < -0.4 is 4.72 Å². The number of aromatic nitrogens is 2. The lowest BCUT2D eigenvalue weighted by molar-refractivity contribution is 0.601. The van der Waals surface area contributed by atoms with E-state index in [0.717, 1.165) is 12.8 Å². The maximum Gasteiger partial charge on any atom is 0.263 e. The molecule has 0 spiro atoms. The summed E-state index contributed by atoms with van der Waals surface area (Å²) in [5.41, 5.74) is 1.17. The lowest BCUT2D eigenvalue weighted by Gasteiger charge is -2.07. The monoisotopic (exact) mass is 307 g/mol. The van der Waals surface area contributed by atoms with Crippen LogP contribution in [0.25, 0.3) is 0 Å². The summed E-state index contributed by atoms with van der Waals surface area (Å²) in [4.78, 5) is 0.259. The average molecular weight is 307 g/mol. The second-order valence-corrected chi connectivity index (χ2v) is 6.71. The Morgan fingerprint density at radius 3 is 2.48 bits per heavy atom. The Balaban J connectivity index is 1.97. The molecule has 0 aliphatic carbocycles. The maximum absolute atomic E-state index is 12.2. The topological polar surface area (TPSA) is 74.8 Å². The number of aromatic amines is 1. The highest BCUT2D eigenvalue weighted by Gasteiger charge is 2.14. The zero-order valence-electron chi connectivity index (χ0n) is 12.2. The van der Waals surface area contributed by atoms with E-state index in [0.29, 0.717) is 5.82 Å². The molecule has 1 heterocycles. The van der Waals surface area contributed by atoms with Gasteiger partial charge in [0.25, 0.3) is 10.0 Å². The molecule has 2 rings (SSSR count). The molecule has 0 saturated carbocycles. The van der Waals surface area contributed by atoms with E-state index in [2.05, 4.69) is 21.8 Å². The lowest BCUT2D eigenvalue weighted by Crippen LogP contribution is -2.13. The Hall–Kier alpha value is -1.82. The lowest BCUT2D eigenvalue weighted by atomic mass is 10.1. The van der Waals surface area contributed by atoms with Gasteiger partial charge in [-0.2, -0.15) is 5.10 Å². The normalized spacial score (nSPS) is 11.5. The molecule has 2 N–H and O–H groups in total. The van der Waals surface area contributed by atoms with Crippen LogP contribution in [0.2, 0.25) is 0 Å². The molecule has 0 aliphatic heterocycles. The molecular weight excluding hydrogens is 286 g/mol. The maximum atomic E-state index is 12.2. The first-order chi connectivity index (χ1) is 10.1. The fraction of sp³-hybridized carbons (Fsp3) is 0.400. The number of hydrogen-bond acceptors (Lipinski definition) is 3. The van der Waals surface area contributed by atoms with E-state index in [-0.39, 0.29) is 4.90 Å². The highest BCUT2D eigenvalue weighted by molar-refractivity contribution is 7.92. The van der Waals surface area contributed by atoms with Crippen LogP contribution in [0.5, 0.6) is 0 Å². The zero-order valence-corrected chi connectivity index (χ0v) is 13.0. The predicted octanol–water partition coefficient (Wildman–Crippen LogP) is 3.33. The molecule has 114 valence electrons. The molecule has 0 amide bonds. The van der Waals surface area contributed by atoms with Crippen molar-refractivity contribution >= 4 is 15.8 Å². The summed E-state index contributed by atoms with van der Waals surface area (Å²) < 4.78 is 26.8. The van der Waals surface area contributed by atoms with Gasteiger partial charge in [0.1, 0.15) is 5.82 Å². The Kier molecular flexibility index (Phi) is 5.38. The van der Waals surface area contributed by atoms with Gasteiger partial charge in [0.15, 0.2) is 0 Å². The van der Waals surface area contributed by atoms with E-state index in [1.165, 1.54) is 31.0 Å². The molecule has 1 aromatic carbocycles. The SMILES string of the molecule is CCCCCCc1ccc(S(=O)(=O)Nc2ccn[nH]2)cc1. The number of nitrogens with one attached hydrogen (secondary N) is 2. The van der Waals surface area contributed by atoms with E-state index in [1.54, 1.807) is 18.2 Å². The number of sulfonamides is 1. The molecule has 6 heteroatoms. The van der Waals surface area contributed by atoms with E-state index in [1.807, 2.05) is 12.1 Å². The quantitative estimate of drug-likeness (QED) is 0.734. The van der Waals surface area contributed by atoms with Crippen molar-refractivity contribution in [3.05, 3.63) is 42.1 Å². The third-order valence-electron chi connectivity index (χ3n) is 3.30. The van der Waals surface area contributed by atoms with Crippen molar-refractivity contribution in [2.75, 3.05) is 4.72 Å². The van der Waals surface area contributed by atoms with Gasteiger partial charge in [-0.05, 0) is 30.5 Å². The van der Waals surface area contributed by atoms with Crippen LogP contribution in [0.15, 0.2) is 41.4 Å². The second-order valence-electron chi connectivity index (χ2n) is 5.03. The van der Waals surface area contributed by atoms with Gasteiger partial charge < -0.3 is 0 Å². The Morgan fingerprint density at radius 1 is 1.10 bits per heavy atom. The molecule has 0 unspecified atom stereocenters. The first kappa shape index (κ1) is 15.6. The van der Waals surface area contributed by atoms with Crippen LogP contribution in [-0.4, -0.2) is 18.6 Å². The van der Waals surface area contributed by atoms with Crippen molar-refractivity contribution in [2.45, 2.75) is 43.9 Å². The van der Waals surface area contributed by atoms with Gasteiger partial charge in [0.2, 0.25) is 0 Å². The molecule has 0 atom stereocenters. The summed E-state index contributed by atoms with van der Waals surface area (Å²) in [6.07, 6.45) is 7.33. The number of H-pyrrole nitrogens is 1. The third kappa shape index (κ3) is 4.60. The van der Waals surface area contributed by atoms with Crippen LogP contribution >= 0.6 is 0 Å². The molecule has 0 radical (unpaired) electrons. The number of rotatable bonds is 8. The van der Waals surface area contributed by atoms with Gasteiger partial charge in [-0.15, -0.1) is 0 Å². The summed E-state index contributed by atoms with van der Waals surface area (Å²) >= 11 is 0. The number of aryl methyl sites for hydroxylation is 1. The minimum atomic E-state index is -3.55. The van der Waals surface area contributed by atoms with Crippen molar-refractivity contribution in [2.24, 2.45) is 0 Å². The zero-order chi connectivity index (χ0) is 15.1. The molecule has 0 aliphatic rings. The Morgan fingerprint density at radius 2 is 1.86 bits per heavy atom. The number of nitrogens with zero attached hydrogens (tertiary/aromatic N) is 1. The van der Waals surface area contributed by atoms with Crippen molar-refractivity contribution in [3.8, 4) is 0 Å². The smallest absolute Gasteiger partial charge is 0.263 e. The van der Waals surface area contributed by atoms with Gasteiger partial charge in [-0.1, -0.05) is 38.3 Å². The summed E-state index contributed by atoms with van der Waals surface area (Å²) in [7, 11) is -3.55.